The molecule has 2 saturated heterocycles. The van der Waals surface area contributed by atoms with E-state index in [0.717, 1.165) is 25.7 Å². The van der Waals surface area contributed by atoms with Gasteiger partial charge in [-0.1, -0.05) is 19.3 Å². The molecular formula is C15H22N2O4. The molecular weight excluding hydrogens is 272 g/mol. The summed E-state index contributed by atoms with van der Waals surface area (Å²) in [5, 5.41) is 8.76. The molecule has 0 radical (unpaired) electrons. The van der Waals surface area contributed by atoms with Crippen molar-refractivity contribution in [1.82, 2.24) is 9.80 Å². The summed E-state index contributed by atoms with van der Waals surface area (Å²) in [5.41, 5.74) is 0. The number of carbonyl (C=O) groups is 3. The maximum absolute atomic E-state index is 12.5. The van der Waals surface area contributed by atoms with E-state index >= 15 is 0 Å². The Hall–Kier alpha value is -1.43. The largest absolute Gasteiger partial charge is 0.481 e. The molecule has 6 heteroatoms. The van der Waals surface area contributed by atoms with Crippen molar-refractivity contribution in [1.29, 1.82) is 0 Å². The van der Waals surface area contributed by atoms with Crippen molar-refractivity contribution in [2.45, 2.75) is 57.0 Å². The quantitative estimate of drug-likeness (QED) is 0.778. The number of carboxylic acid groups (broad SMARTS) is 1. The average molecular weight is 294 g/mol. The van der Waals surface area contributed by atoms with E-state index in [0.29, 0.717) is 13.1 Å². The Morgan fingerprint density at radius 2 is 1.81 bits per heavy atom. The van der Waals surface area contributed by atoms with Crippen molar-refractivity contribution in [2.24, 2.45) is 5.92 Å². The summed E-state index contributed by atoms with van der Waals surface area (Å²) in [5.74, 6) is -0.773. The molecule has 3 aliphatic rings. The predicted octanol–water partition coefficient (Wildman–Crippen LogP) is 0.853. The molecule has 2 amide bonds. The fraction of sp³-hybridized carbons (Fsp3) is 0.800. The van der Waals surface area contributed by atoms with E-state index in [9.17, 15) is 14.4 Å². The second-order valence-electron chi connectivity index (χ2n) is 6.53. The molecule has 0 spiro atoms. The lowest BCUT2D eigenvalue weighted by Gasteiger charge is -2.41. The van der Waals surface area contributed by atoms with Crippen LogP contribution < -0.4 is 0 Å². The second-order valence-corrected chi connectivity index (χ2v) is 6.53. The van der Waals surface area contributed by atoms with Crippen LogP contribution in [0.25, 0.3) is 0 Å². The molecule has 1 atom stereocenters. The van der Waals surface area contributed by atoms with Gasteiger partial charge >= 0.3 is 5.97 Å². The van der Waals surface area contributed by atoms with Gasteiger partial charge in [-0.2, -0.15) is 0 Å². The number of likely N-dealkylation sites (tertiary alicyclic amines) is 2. The molecule has 2 aliphatic heterocycles. The highest BCUT2D eigenvalue weighted by Gasteiger charge is 2.48. The zero-order valence-corrected chi connectivity index (χ0v) is 12.2. The van der Waals surface area contributed by atoms with Crippen LogP contribution in [-0.2, 0) is 14.4 Å². The molecule has 0 aromatic heterocycles. The van der Waals surface area contributed by atoms with E-state index in [-0.39, 0.29) is 42.7 Å². The van der Waals surface area contributed by atoms with E-state index in [1.165, 1.54) is 11.3 Å². The van der Waals surface area contributed by atoms with Crippen molar-refractivity contribution >= 4 is 17.8 Å². The SMILES string of the molecule is O=C(O)CC1CN(C2CC(=O)N(C3CCCCC3)C2=O)C1. The summed E-state index contributed by atoms with van der Waals surface area (Å²) in [6.07, 6.45) is 5.68. The standard InChI is InChI=1S/C15H22N2O4/c18-13-7-12(16-8-10(9-16)6-14(19)20)15(21)17(13)11-4-2-1-3-5-11/h10-12H,1-9H2,(H,19,20). The molecule has 0 bridgehead atoms. The van der Waals surface area contributed by atoms with Crippen LogP contribution >= 0.6 is 0 Å². The highest BCUT2D eigenvalue weighted by molar-refractivity contribution is 6.05. The third-order valence-electron chi connectivity index (χ3n) is 4.99. The van der Waals surface area contributed by atoms with Crippen LogP contribution in [-0.4, -0.2) is 57.9 Å². The molecule has 2 heterocycles. The van der Waals surface area contributed by atoms with Gasteiger partial charge in [-0.25, -0.2) is 0 Å². The Morgan fingerprint density at radius 3 is 2.43 bits per heavy atom. The second kappa shape index (κ2) is 5.75. The zero-order chi connectivity index (χ0) is 15.0. The van der Waals surface area contributed by atoms with Gasteiger partial charge in [0.25, 0.3) is 0 Å². The van der Waals surface area contributed by atoms with Gasteiger partial charge in [-0.15, -0.1) is 0 Å². The fourth-order valence-electron chi connectivity index (χ4n) is 3.88. The van der Waals surface area contributed by atoms with Crippen molar-refractivity contribution in [3.63, 3.8) is 0 Å². The number of hydrogen-bond acceptors (Lipinski definition) is 4. The summed E-state index contributed by atoms with van der Waals surface area (Å²) in [7, 11) is 0. The molecule has 1 unspecified atom stereocenters. The van der Waals surface area contributed by atoms with Gasteiger partial charge in [0.15, 0.2) is 0 Å². The third kappa shape index (κ3) is 2.81. The molecule has 116 valence electrons. The Labute approximate surface area is 124 Å². The summed E-state index contributed by atoms with van der Waals surface area (Å²) in [6, 6.07) is -0.246. The van der Waals surface area contributed by atoms with Gasteiger partial charge in [0.2, 0.25) is 11.8 Å². The first-order chi connectivity index (χ1) is 10.1. The zero-order valence-electron chi connectivity index (χ0n) is 12.2. The maximum Gasteiger partial charge on any atom is 0.303 e. The monoisotopic (exact) mass is 294 g/mol. The van der Waals surface area contributed by atoms with E-state index in [4.69, 9.17) is 5.11 Å². The molecule has 3 fully saturated rings. The summed E-state index contributed by atoms with van der Waals surface area (Å²) in [4.78, 5) is 38.8. The first-order valence-electron chi connectivity index (χ1n) is 7.88. The van der Waals surface area contributed by atoms with Crippen LogP contribution in [0.2, 0.25) is 0 Å². The van der Waals surface area contributed by atoms with Crippen LogP contribution in [0.1, 0.15) is 44.9 Å². The van der Waals surface area contributed by atoms with Crippen LogP contribution in [0, 0.1) is 5.92 Å². The first kappa shape index (κ1) is 14.5. The van der Waals surface area contributed by atoms with E-state index < -0.39 is 5.97 Å². The summed E-state index contributed by atoms with van der Waals surface area (Å²) < 4.78 is 0. The van der Waals surface area contributed by atoms with Crippen LogP contribution in [0.15, 0.2) is 0 Å². The van der Waals surface area contributed by atoms with Gasteiger partial charge < -0.3 is 5.11 Å². The van der Waals surface area contributed by atoms with Gasteiger partial charge in [0.05, 0.1) is 18.9 Å². The van der Waals surface area contributed by atoms with E-state index in [2.05, 4.69) is 0 Å². The highest BCUT2D eigenvalue weighted by Crippen LogP contribution is 2.32. The number of nitrogens with zero attached hydrogens (tertiary/aromatic N) is 2. The number of carboxylic acids is 1. The van der Waals surface area contributed by atoms with Crippen molar-refractivity contribution < 1.29 is 19.5 Å². The molecule has 1 saturated carbocycles. The number of carbonyl (C=O) groups excluding carboxylic acids is 2. The predicted molar refractivity (Wildman–Crippen MR) is 74.4 cm³/mol. The van der Waals surface area contributed by atoms with Crippen LogP contribution in [0.5, 0.6) is 0 Å². The minimum atomic E-state index is -0.794. The Bertz CT molecular complexity index is 453. The first-order valence-corrected chi connectivity index (χ1v) is 7.88. The Balaban J connectivity index is 1.58. The molecule has 0 aromatic carbocycles. The normalized spacial score (nSPS) is 29.0. The maximum atomic E-state index is 12.5. The summed E-state index contributed by atoms with van der Waals surface area (Å²) in [6.45, 7) is 1.24. The van der Waals surface area contributed by atoms with E-state index in [1.807, 2.05) is 4.90 Å². The number of amides is 2. The van der Waals surface area contributed by atoms with Gasteiger partial charge in [0, 0.05) is 19.1 Å². The van der Waals surface area contributed by atoms with Gasteiger partial charge in [-0.3, -0.25) is 24.2 Å². The minimum Gasteiger partial charge on any atom is -0.481 e. The van der Waals surface area contributed by atoms with Crippen molar-refractivity contribution in [3.05, 3.63) is 0 Å². The lowest BCUT2D eigenvalue weighted by atomic mass is 9.93. The van der Waals surface area contributed by atoms with E-state index in [1.54, 1.807) is 0 Å². The van der Waals surface area contributed by atoms with Gasteiger partial charge in [0.1, 0.15) is 0 Å². The Morgan fingerprint density at radius 1 is 1.14 bits per heavy atom. The lowest BCUT2D eigenvalue weighted by molar-refractivity contribution is -0.144. The third-order valence-corrected chi connectivity index (χ3v) is 4.99. The number of rotatable bonds is 4. The van der Waals surface area contributed by atoms with Crippen LogP contribution in [0.4, 0.5) is 0 Å². The molecule has 3 rings (SSSR count). The highest BCUT2D eigenvalue weighted by atomic mass is 16.4. The molecule has 1 aliphatic carbocycles. The lowest BCUT2D eigenvalue weighted by Crippen LogP contribution is -2.55. The molecule has 21 heavy (non-hydrogen) atoms. The fourth-order valence-corrected chi connectivity index (χ4v) is 3.88. The van der Waals surface area contributed by atoms with Crippen LogP contribution in [0.3, 0.4) is 0 Å². The number of imide groups is 1. The molecule has 0 aromatic rings. The Kier molecular flexibility index (Phi) is 3.97. The average Bonchev–Trinajstić information content (AvgIpc) is 2.69. The molecule has 1 N–H and O–H groups in total. The number of hydrogen-bond donors (Lipinski definition) is 1. The summed E-state index contributed by atoms with van der Waals surface area (Å²) >= 11 is 0. The van der Waals surface area contributed by atoms with Gasteiger partial charge in [-0.05, 0) is 18.8 Å². The van der Waals surface area contributed by atoms with Crippen molar-refractivity contribution in [2.75, 3.05) is 13.1 Å². The smallest absolute Gasteiger partial charge is 0.303 e. The number of aliphatic carboxylic acids is 1. The minimum absolute atomic E-state index is 0.0430. The topological polar surface area (TPSA) is 77.9 Å². The van der Waals surface area contributed by atoms with Crippen molar-refractivity contribution in [3.8, 4) is 0 Å². The molecule has 6 nitrogen and oxygen atoms in total.